The molecule has 0 unspecified atom stereocenters. The van der Waals surface area contributed by atoms with Gasteiger partial charge in [0.2, 0.25) is 11.8 Å². The molecule has 1 saturated heterocycles. The van der Waals surface area contributed by atoms with Crippen LogP contribution in [0.25, 0.3) is 0 Å². The van der Waals surface area contributed by atoms with Crippen LogP contribution in [0.5, 0.6) is 5.75 Å². The second-order valence-corrected chi connectivity index (χ2v) is 7.07. The van der Waals surface area contributed by atoms with E-state index in [1.54, 1.807) is 4.90 Å². The number of halogens is 1. The minimum atomic E-state index is -0.370. The smallest absolute Gasteiger partial charge is 0.229 e. The Morgan fingerprint density at radius 2 is 1.96 bits per heavy atom. The highest BCUT2D eigenvalue weighted by molar-refractivity contribution is 9.10. The van der Waals surface area contributed by atoms with E-state index in [2.05, 4.69) is 28.2 Å². The summed E-state index contributed by atoms with van der Waals surface area (Å²) < 4.78 is 6.38. The molecule has 0 radical (unpaired) electrons. The minimum absolute atomic E-state index is 0.0421. The van der Waals surface area contributed by atoms with Crippen LogP contribution in [0.15, 0.2) is 53.0 Å². The molecule has 1 atom stereocenters. The number of hydrogen-bond donors (Lipinski definition) is 1. The molecular formula is C20H21BrN2O3. The van der Waals surface area contributed by atoms with Crippen LogP contribution in [0.1, 0.15) is 19.8 Å². The topological polar surface area (TPSA) is 58.6 Å². The van der Waals surface area contributed by atoms with Crippen molar-refractivity contribution in [2.24, 2.45) is 5.92 Å². The number of carbonyl (C=O) groups excluding carboxylic acids is 2. The van der Waals surface area contributed by atoms with Crippen LogP contribution in [0.3, 0.4) is 0 Å². The predicted molar refractivity (Wildman–Crippen MR) is 105 cm³/mol. The maximum atomic E-state index is 12.5. The molecule has 0 bridgehead atoms. The van der Waals surface area contributed by atoms with Crippen LogP contribution in [0.2, 0.25) is 0 Å². The molecule has 3 rings (SSSR count). The lowest BCUT2D eigenvalue weighted by Crippen LogP contribution is -2.28. The SMILES string of the molecule is CCCOc1ccc(N2C[C@H](C(=O)Nc3ccccc3Br)CC2=O)cc1. The van der Waals surface area contributed by atoms with Crippen LogP contribution < -0.4 is 15.0 Å². The molecule has 2 amide bonds. The van der Waals surface area contributed by atoms with Gasteiger partial charge in [-0.2, -0.15) is 0 Å². The maximum absolute atomic E-state index is 12.5. The highest BCUT2D eigenvalue weighted by Gasteiger charge is 2.35. The Balaban J connectivity index is 1.64. The number of benzene rings is 2. The van der Waals surface area contributed by atoms with Gasteiger partial charge < -0.3 is 15.0 Å². The molecule has 1 N–H and O–H groups in total. The van der Waals surface area contributed by atoms with Gasteiger partial charge in [-0.3, -0.25) is 9.59 Å². The first-order valence-corrected chi connectivity index (χ1v) is 9.46. The molecule has 136 valence electrons. The van der Waals surface area contributed by atoms with Gasteiger partial charge in [0.1, 0.15) is 5.75 Å². The fourth-order valence-electron chi connectivity index (χ4n) is 2.87. The van der Waals surface area contributed by atoms with Gasteiger partial charge in [0.25, 0.3) is 0 Å². The average Bonchev–Trinajstić information content (AvgIpc) is 3.04. The first kappa shape index (κ1) is 18.5. The number of nitrogens with one attached hydrogen (secondary N) is 1. The van der Waals surface area contributed by atoms with Crippen molar-refractivity contribution in [3.8, 4) is 5.75 Å². The van der Waals surface area contributed by atoms with Gasteiger partial charge in [0.15, 0.2) is 0 Å². The predicted octanol–water partition coefficient (Wildman–Crippen LogP) is 4.23. The average molecular weight is 417 g/mol. The molecule has 1 aliphatic rings. The Kier molecular flexibility index (Phi) is 5.93. The molecular weight excluding hydrogens is 396 g/mol. The van der Waals surface area contributed by atoms with E-state index in [1.807, 2.05) is 48.5 Å². The summed E-state index contributed by atoms with van der Waals surface area (Å²) in [5.41, 5.74) is 1.50. The van der Waals surface area contributed by atoms with Crippen LogP contribution in [0.4, 0.5) is 11.4 Å². The van der Waals surface area contributed by atoms with E-state index >= 15 is 0 Å². The van der Waals surface area contributed by atoms with Crippen LogP contribution >= 0.6 is 15.9 Å². The summed E-state index contributed by atoms with van der Waals surface area (Å²) in [7, 11) is 0. The standard InChI is InChI=1S/C20H21BrN2O3/c1-2-11-26-16-9-7-15(8-10-16)23-13-14(12-19(23)24)20(25)22-18-6-4-3-5-17(18)21/h3-10,14H,2,11-13H2,1H3,(H,22,25)/t14-/m1/s1. The highest BCUT2D eigenvalue weighted by Crippen LogP contribution is 2.28. The second-order valence-electron chi connectivity index (χ2n) is 6.22. The zero-order chi connectivity index (χ0) is 18.5. The molecule has 1 fully saturated rings. The van der Waals surface area contributed by atoms with Crippen molar-refractivity contribution in [3.05, 3.63) is 53.0 Å². The van der Waals surface area contributed by atoms with E-state index in [0.29, 0.717) is 18.8 Å². The van der Waals surface area contributed by atoms with Crippen molar-refractivity contribution in [1.29, 1.82) is 0 Å². The van der Waals surface area contributed by atoms with Crippen molar-refractivity contribution in [2.75, 3.05) is 23.4 Å². The first-order chi connectivity index (χ1) is 12.6. The van der Waals surface area contributed by atoms with Crippen molar-refractivity contribution < 1.29 is 14.3 Å². The Bertz CT molecular complexity index is 792. The molecule has 6 heteroatoms. The van der Waals surface area contributed by atoms with E-state index in [0.717, 1.165) is 22.3 Å². The minimum Gasteiger partial charge on any atom is -0.494 e. The Hall–Kier alpha value is -2.34. The maximum Gasteiger partial charge on any atom is 0.229 e. The quantitative estimate of drug-likeness (QED) is 0.766. The molecule has 0 spiro atoms. The second kappa shape index (κ2) is 8.36. The van der Waals surface area contributed by atoms with E-state index < -0.39 is 0 Å². The largest absolute Gasteiger partial charge is 0.494 e. The molecule has 2 aromatic rings. The number of anilines is 2. The van der Waals surface area contributed by atoms with Gasteiger partial charge in [0.05, 0.1) is 18.2 Å². The lowest BCUT2D eigenvalue weighted by Gasteiger charge is -2.17. The first-order valence-electron chi connectivity index (χ1n) is 8.67. The number of amides is 2. The molecule has 5 nitrogen and oxygen atoms in total. The normalized spacial score (nSPS) is 16.6. The number of carbonyl (C=O) groups is 2. The van der Waals surface area contributed by atoms with Gasteiger partial charge in [-0.05, 0) is 58.7 Å². The Morgan fingerprint density at radius 3 is 2.65 bits per heavy atom. The summed E-state index contributed by atoms with van der Waals surface area (Å²) in [6.45, 7) is 3.10. The van der Waals surface area contributed by atoms with Crippen molar-refractivity contribution in [3.63, 3.8) is 0 Å². The Morgan fingerprint density at radius 1 is 1.23 bits per heavy atom. The molecule has 2 aromatic carbocycles. The molecule has 1 aliphatic heterocycles. The number of hydrogen-bond acceptors (Lipinski definition) is 3. The van der Waals surface area contributed by atoms with Gasteiger partial charge in [0, 0.05) is 23.1 Å². The van der Waals surface area contributed by atoms with Crippen molar-refractivity contribution >= 4 is 39.1 Å². The molecule has 0 aliphatic carbocycles. The van der Waals surface area contributed by atoms with Crippen molar-refractivity contribution in [2.45, 2.75) is 19.8 Å². The van der Waals surface area contributed by atoms with Crippen LogP contribution in [-0.4, -0.2) is 25.0 Å². The molecule has 1 heterocycles. The zero-order valence-electron chi connectivity index (χ0n) is 14.6. The van der Waals surface area contributed by atoms with E-state index in [1.165, 1.54) is 0 Å². The molecule has 26 heavy (non-hydrogen) atoms. The lowest BCUT2D eigenvalue weighted by molar-refractivity contribution is -0.122. The number of para-hydroxylation sites is 1. The van der Waals surface area contributed by atoms with Crippen LogP contribution in [0, 0.1) is 5.92 Å². The van der Waals surface area contributed by atoms with Crippen LogP contribution in [-0.2, 0) is 9.59 Å². The third kappa shape index (κ3) is 4.25. The van der Waals surface area contributed by atoms with Gasteiger partial charge >= 0.3 is 0 Å². The highest BCUT2D eigenvalue weighted by atomic mass is 79.9. The van der Waals surface area contributed by atoms with Crippen molar-refractivity contribution in [1.82, 2.24) is 0 Å². The third-order valence-electron chi connectivity index (χ3n) is 4.25. The summed E-state index contributed by atoms with van der Waals surface area (Å²) in [6.07, 6.45) is 1.16. The Labute approximate surface area is 161 Å². The van der Waals surface area contributed by atoms with E-state index in [9.17, 15) is 9.59 Å². The zero-order valence-corrected chi connectivity index (χ0v) is 16.2. The summed E-state index contributed by atoms with van der Waals surface area (Å²) in [5.74, 6) is 0.228. The number of nitrogens with zero attached hydrogens (tertiary/aromatic N) is 1. The van der Waals surface area contributed by atoms with Gasteiger partial charge in [-0.15, -0.1) is 0 Å². The fourth-order valence-corrected chi connectivity index (χ4v) is 3.26. The lowest BCUT2D eigenvalue weighted by atomic mass is 10.1. The molecule has 0 saturated carbocycles. The summed E-state index contributed by atoms with van der Waals surface area (Å²) in [4.78, 5) is 26.6. The van der Waals surface area contributed by atoms with Gasteiger partial charge in [-0.1, -0.05) is 19.1 Å². The monoisotopic (exact) mass is 416 g/mol. The summed E-state index contributed by atoms with van der Waals surface area (Å²) >= 11 is 3.41. The summed E-state index contributed by atoms with van der Waals surface area (Å²) in [6, 6.07) is 14.9. The summed E-state index contributed by atoms with van der Waals surface area (Å²) in [5, 5.41) is 2.89. The molecule has 0 aromatic heterocycles. The van der Waals surface area contributed by atoms with E-state index in [-0.39, 0.29) is 24.2 Å². The third-order valence-corrected chi connectivity index (χ3v) is 4.94. The van der Waals surface area contributed by atoms with E-state index in [4.69, 9.17) is 4.74 Å². The number of ether oxygens (including phenoxy) is 1. The number of rotatable bonds is 6. The fraction of sp³-hybridized carbons (Fsp3) is 0.300. The van der Waals surface area contributed by atoms with Gasteiger partial charge in [-0.25, -0.2) is 0 Å².